The van der Waals surface area contributed by atoms with Crippen molar-refractivity contribution in [2.24, 2.45) is 0 Å². The molecule has 0 aromatic carbocycles. The lowest BCUT2D eigenvalue weighted by molar-refractivity contribution is -0.189. The van der Waals surface area contributed by atoms with Crippen LogP contribution in [0.2, 0.25) is 0 Å². The van der Waals surface area contributed by atoms with Crippen molar-refractivity contribution in [3.63, 3.8) is 0 Å². The van der Waals surface area contributed by atoms with Crippen molar-refractivity contribution < 1.29 is 14.6 Å². The summed E-state index contributed by atoms with van der Waals surface area (Å²) in [7, 11) is 0. The predicted molar refractivity (Wildman–Crippen MR) is 53.0 cm³/mol. The first-order chi connectivity index (χ1) is 6.19. The molecule has 1 N–H and O–H groups in total. The molecule has 1 unspecified atom stereocenters. The molecule has 1 aliphatic carbocycles. The second kappa shape index (κ2) is 2.58. The van der Waals surface area contributed by atoms with Gasteiger partial charge in [0.15, 0.2) is 15.7 Å². The van der Waals surface area contributed by atoms with Crippen LogP contribution in [-0.4, -0.2) is 37.9 Å². The molecule has 0 aromatic rings. The van der Waals surface area contributed by atoms with E-state index in [2.05, 4.69) is 0 Å². The Bertz CT molecular complexity index is 319. The molecular weight excluding hydrogens is 250 g/mol. The van der Waals surface area contributed by atoms with Gasteiger partial charge < -0.3 is 9.84 Å². The smallest absolute Gasteiger partial charge is 0.198 e. The molecule has 1 aliphatic heterocycles. The molecule has 0 radical (unpaired) electrons. The maximum absolute atomic E-state index is 11.7. The van der Waals surface area contributed by atoms with E-state index in [9.17, 15) is 9.90 Å². The van der Waals surface area contributed by atoms with Gasteiger partial charge in [0, 0.05) is 0 Å². The third kappa shape index (κ3) is 0.792. The van der Waals surface area contributed by atoms with E-state index in [1.165, 1.54) is 13.8 Å². The van der Waals surface area contributed by atoms with Crippen molar-refractivity contribution in [3.05, 3.63) is 0 Å². The van der Waals surface area contributed by atoms with Crippen molar-refractivity contribution >= 4 is 40.6 Å². The zero-order valence-electron chi connectivity index (χ0n) is 7.55. The SMILES string of the molecule is CC1O[C@]2(C)[C@H](Cl)C(Cl)(Cl)[C@]2(O)C1=O. The number of carbonyl (C=O) groups excluding carboxylic acids is 1. The Morgan fingerprint density at radius 2 is 2.00 bits per heavy atom. The van der Waals surface area contributed by atoms with E-state index < -0.39 is 32.8 Å². The van der Waals surface area contributed by atoms with Crippen LogP contribution in [0.25, 0.3) is 0 Å². The standard InChI is InChI=1S/C8H9Cl3O3/c1-3-4(12)7(13)6(2,14-3)5(9)8(7,10)11/h3,5,13H,1-2H3/t3?,5-,6+,7-/m0/s1. The molecule has 2 rings (SSSR count). The summed E-state index contributed by atoms with van der Waals surface area (Å²) >= 11 is 17.6. The number of ketones is 1. The predicted octanol–water partition coefficient (Wildman–Crippen LogP) is 1.26. The number of ether oxygens (including phenoxy) is 1. The molecule has 14 heavy (non-hydrogen) atoms. The number of hydrogen-bond donors (Lipinski definition) is 1. The van der Waals surface area contributed by atoms with Crippen LogP contribution in [0, 0.1) is 0 Å². The van der Waals surface area contributed by atoms with Gasteiger partial charge in [-0.2, -0.15) is 0 Å². The van der Waals surface area contributed by atoms with Gasteiger partial charge >= 0.3 is 0 Å². The average Bonchev–Trinajstić information content (AvgIpc) is 2.27. The van der Waals surface area contributed by atoms with E-state index in [4.69, 9.17) is 39.5 Å². The van der Waals surface area contributed by atoms with Crippen molar-refractivity contribution in [1.29, 1.82) is 0 Å². The highest BCUT2D eigenvalue weighted by Gasteiger charge is 2.85. The molecule has 4 atom stereocenters. The van der Waals surface area contributed by atoms with Gasteiger partial charge in [-0.05, 0) is 13.8 Å². The number of Topliss-reactive ketones (excluding diaryl/α,β-unsaturated/α-hetero) is 1. The summed E-state index contributed by atoms with van der Waals surface area (Å²) in [5.41, 5.74) is -3.08. The Labute approximate surface area is 96.3 Å². The molecular formula is C8H9Cl3O3. The molecule has 1 saturated carbocycles. The van der Waals surface area contributed by atoms with Gasteiger partial charge in [0.1, 0.15) is 17.1 Å². The van der Waals surface area contributed by atoms with E-state index in [1.54, 1.807) is 0 Å². The largest absolute Gasteiger partial charge is 0.376 e. The van der Waals surface area contributed by atoms with E-state index in [-0.39, 0.29) is 0 Å². The van der Waals surface area contributed by atoms with E-state index in [0.717, 1.165) is 0 Å². The minimum Gasteiger partial charge on any atom is -0.376 e. The first-order valence-corrected chi connectivity index (χ1v) is 5.35. The fraction of sp³-hybridized carbons (Fsp3) is 0.875. The highest BCUT2D eigenvalue weighted by molar-refractivity contribution is 6.57. The van der Waals surface area contributed by atoms with Gasteiger partial charge in [0.25, 0.3) is 0 Å². The number of carbonyl (C=O) groups is 1. The van der Waals surface area contributed by atoms with Crippen LogP contribution in [0.1, 0.15) is 13.8 Å². The number of rotatable bonds is 0. The average molecular weight is 260 g/mol. The Morgan fingerprint density at radius 3 is 2.43 bits per heavy atom. The maximum atomic E-state index is 11.7. The number of halogens is 3. The summed E-state index contributed by atoms with van der Waals surface area (Å²) in [5.74, 6) is -0.512. The minimum absolute atomic E-state index is 0.512. The molecule has 0 aromatic heterocycles. The molecule has 2 fully saturated rings. The first kappa shape index (κ1) is 11.0. The molecule has 6 heteroatoms. The van der Waals surface area contributed by atoms with Crippen LogP contribution in [0.15, 0.2) is 0 Å². The fourth-order valence-corrected chi connectivity index (χ4v) is 3.58. The molecule has 80 valence electrons. The summed E-state index contributed by atoms with van der Waals surface area (Å²) in [6.07, 6.45) is -0.731. The lowest BCUT2D eigenvalue weighted by Crippen LogP contribution is -2.82. The van der Waals surface area contributed by atoms with Crippen LogP contribution in [0.3, 0.4) is 0 Å². The maximum Gasteiger partial charge on any atom is 0.198 e. The van der Waals surface area contributed by atoms with Gasteiger partial charge in [0.2, 0.25) is 0 Å². The van der Waals surface area contributed by atoms with E-state index in [0.29, 0.717) is 0 Å². The van der Waals surface area contributed by atoms with Crippen molar-refractivity contribution in [2.45, 2.75) is 40.9 Å². The zero-order chi connectivity index (χ0) is 10.9. The molecule has 3 nitrogen and oxygen atoms in total. The highest BCUT2D eigenvalue weighted by Crippen LogP contribution is 2.65. The van der Waals surface area contributed by atoms with Crippen LogP contribution >= 0.6 is 34.8 Å². The molecule has 0 spiro atoms. The molecule has 1 heterocycles. The summed E-state index contributed by atoms with van der Waals surface area (Å²) in [6, 6.07) is 0. The van der Waals surface area contributed by atoms with Crippen molar-refractivity contribution in [2.75, 3.05) is 0 Å². The first-order valence-electron chi connectivity index (χ1n) is 4.16. The Kier molecular flexibility index (Phi) is 2.02. The van der Waals surface area contributed by atoms with Crippen molar-refractivity contribution in [1.82, 2.24) is 0 Å². The van der Waals surface area contributed by atoms with Crippen LogP contribution in [-0.2, 0) is 9.53 Å². The third-order valence-corrected chi connectivity index (χ3v) is 5.10. The normalized spacial score (nSPS) is 55.4. The fourth-order valence-electron chi connectivity index (χ4n) is 2.23. The monoisotopic (exact) mass is 258 g/mol. The molecule has 0 bridgehead atoms. The van der Waals surface area contributed by atoms with Gasteiger partial charge in [-0.15, -0.1) is 11.6 Å². The van der Waals surface area contributed by atoms with Gasteiger partial charge in [0.05, 0.1) is 0 Å². The van der Waals surface area contributed by atoms with E-state index in [1.807, 2.05) is 0 Å². The Balaban J connectivity index is 2.52. The van der Waals surface area contributed by atoms with Crippen LogP contribution in [0.4, 0.5) is 0 Å². The third-order valence-electron chi connectivity index (χ3n) is 3.15. The van der Waals surface area contributed by atoms with Gasteiger partial charge in [-0.25, -0.2) is 0 Å². The van der Waals surface area contributed by atoms with Crippen molar-refractivity contribution in [3.8, 4) is 0 Å². The lowest BCUT2D eigenvalue weighted by atomic mass is 9.64. The van der Waals surface area contributed by atoms with Crippen LogP contribution in [0.5, 0.6) is 0 Å². The molecule has 1 saturated heterocycles. The summed E-state index contributed by atoms with van der Waals surface area (Å²) < 4.78 is 3.64. The zero-order valence-corrected chi connectivity index (χ0v) is 9.82. The number of fused-ring (bicyclic) bond motifs is 1. The quantitative estimate of drug-likeness (QED) is 0.666. The summed E-state index contributed by atoms with van der Waals surface area (Å²) in [4.78, 5) is 11.7. The van der Waals surface area contributed by atoms with E-state index >= 15 is 0 Å². The summed E-state index contributed by atoms with van der Waals surface area (Å²) in [5, 5.41) is 9.32. The topological polar surface area (TPSA) is 46.5 Å². The molecule has 0 amide bonds. The van der Waals surface area contributed by atoms with Gasteiger partial charge in [-0.1, -0.05) is 23.2 Å². The number of hydrogen-bond acceptors (Lipinski definition) is 3. The second-order valence-electron chi connectivity index (χ2n) is 3.93. The van der Waals surface area contributed by atoms with Crippen LogP contribution < -0.4 is 0 Å². The Morgan fingerprint density at radius 1 is 1.50 bits per heavy atom. The summed E-state index contributed by atoms with van der Waals surface area (Å²) in [6.45, 7) is 3.08. The number of alkyl halides is 3. The second-order valence-corrected chi connectivity index (χ2v) is 5.75. The molecule has 2 aliphatic rings. The van der Waals surface area contributed by atoms with Gasteiger partial charge in [-0.3, -0.25) is 4.79 Å². The highest BCUT2D eigenvalue weighted by atomic mass is 35.5. The lowest BCUT2D eigenvalue weighted by Gasteiger charge is -2.58. The number of aliphatic hydroxyl groups is 1. The Hall–Kier alpha value is 0.460. The minimum atomic E-state index is -1.89.